The second kappa shape index (κ2) is 7.33. The molecule has 3 aromatic rings. The van der Waals surface area contributed by atoms with Gasteiger partial charge in [-0.3, -0.25) is 15.0 Å². The number of benzene rings is 1. The van der Waals surface area contributed by atoms with Gasteiger partial charge in [0.25, 0.3) is 0 Å². The molecule has 140 valence electrons. The number of nitrogens with zero attached hydrogens (tertiary/aromatic N) is 3. The molecule has 2 aromatic heterocycles. The smallest absolute Gasteiger partial charge is 0.128 e. The molecule has 0 aliphatic carbocycles. The van der Waals surface area contributed by atoms with Crippen LogP contribution in [0.5, 0.6) is 5.75 Å². The molecule has 0 saturated carbocycles. The molecule has 1 N–H and O–H groups in total. The molecule has 1 aliphatic rings. The third-order valence-electron chi connectivity index (χ3n) is 5.25. The summed E-state index contributed by atoms with van der Waals surface area (Å²) in [5, 5.41) is 8.52. The van der Waals surface area contributed by atoms with Gasteiger partial charge in [-0.15, -0.1) is 0 Å². The first-order valence-corrected chi connectivity index (χ1v) is 9.48. The molecule has 6 heteroatoms. The number of fused-ring (bicyclic) bond motifs is 1. The number of H-pyrrole nitrogens is 1. The normalized spacial score (nSPS) is 14.2. The fourth-order valence-electron chi connectivity index (χ4n) is 3.77. The standard InChI is InChI=1S/C21H23ClN4O/c1-13-10-23-19(14(2)21(13)27-3)12-26-9-8-18-17(11-26)20(25-24-18)15-4-6-16(22)7-5-15/h4-7,10H,8-9,11-12H2,1-3H3,(H,24,25). The van der Waals surface area contributed by atoms with Gasteiger partial charge in [-0.1, -0.05) is 23.7 Å². The Hall–Kier alpha value is -2.37. The summed E-state index contributed by atoms with van der Waals surface area (Å²) in [7, 11) is 1.72. The van der Waals surface area contributed by atoms with Crippen LogP contribution in [-0.2, 0) is 19.5 Å². The van der Waals surface area contributed by atoms with E-state index in [4.69, 9.17) is 16.3 Å². The maximum atomic E-state index is 6.03. The van der Waals surface area contributed by atoms with E-state index < -0.39 is 0 Å². The highest BCUT2D eigenvalue weighted by atomic mass is 35.5. The molecule has 0 spiro atoms. The number of aryl methyl sites for hydroxylation is 1. The first-order valence-electron chi connectivity index (χ1n) is 9.10. The Labute approximate surface area is 164 Å². The highest BCUT2D eigenvalue weighted by Crippen LogP contribution is 2.31. The summed E-state index contributed by atoms with van der Waals surface area (Å²) < 4.78 is 5.55. The highest BCUT2D eigenvalue weighted by molar-refractivity contribution is 6.30. The number of nitrogens with one attached hydrogen (secondary N) is 1. The molecule has 0 atom stereocenters. The van der Waals surface area contributed by atoms with E-state index in [0.717, 1.165) is 64.9 Å². The zero-order valence-electron chi connectivity index (χ0n) is 15.8. The number of halogens is 1. The van der Waals surface area contributed by atoms with Crippen molar-refractivity contribution >= 4 is 11.6 Å². The van der Waals surface area contributed by atoms with Gasteiger partial charge in [0.2, 0.25) is 0 Å². The average molecular weight is 383 g/mol. The second-order valence-electron chi connectivity index (χ2n) is 7.04. The molecule has 27 heavy (non-hydrogen) atoms. The Kier molecular flexibility index (Phi) is 4.89. The number of ether oxygens (including phenoxy) is 1. The minimum Gasteiger partial charge on any atom is -0.496 e. The lowest BCUT2D eigenvalue weighted by atomic mass is 10.0. The van der Waals surface area contributed by atoms with E-state index in [9.17, 15) is 0 Å². The monoisotopic (exact) mass is 382 g/mol. The van der Waals surface area contributed by atoms with E-state index in [1.807, 2.05) is 37.4 Å². The van der Waals surface area contributed by atoms with Gasteiger partial charge in [-0.05, 0) is 26.0 Å². The van der Waals surface area contributed by atoms with E-state index in [-0.39, 0.29) is 0 Å². The summed E-state index contributed by atoms with van der Waals surface area (Å²) in [6, 6.07) is 7.86. The molecular weight excluding hydrogens is 360 g/mol. The lowest BCUT2D eigenvalue weighted by Gasteiger charge is -2.27. The number of methoxy groups -OCH3 is 1. The van der Waals surface area contributed by atoms with Gasteiger partial charge >= 0.3 is 0 Å². The maximum absolute atomic E-state index is 6.03. The van der Waals surface area contributed by atoms with Crippen LogP contribution in [-0.4, -0.2) is 33.7 Å². The summed E-state index contributed by atoms with van der Waals surface area (Å²) in [6.07, 6.45) is 2.85. The van der Waals surface area contributed by atoms with Crippen LogP contribution in [0.25, 0.3) is 11.3 Å². The fraction of sp³-hybridized carbons (Fsp3) is 0.333. The van der Waals surface area contributed by atoms with Crippen molar-refractivity contribution in [3.63, 3.8) is 0 Å². The van der Waals surface area contributed by atoms with E-state index in [1.54, 1.807) is 7.11 Å². The molecule has 5 nitrogen and oxygen atoms in total. The van der Waals surface area contributed by atoms with Crippen LogP contribution in [0.4, 0.5) is 0 Å². The zero-order valence-corrected chi connectivity index (χ0v) is 16.6. The topological polar surface area (TPSA) is 54.0 Å². The molecule has 0 fully saturated rings. The van der Waals surface area contributed by atoms with Crippen molar-refractivity contribution in [2.75, 3.05) is 13.7 Å². The lowest BCUT2D eigenvalue weighted by Crippen LogP contribution is -2.30. The molecular formula is C21H23ClN4O. The van der Waals surface area contributed by atoms with Crippen LogP contribution in [0.15, 0.2) is 30.5 Å². The number of aromatic amines is 1. The van der Waals surface area contributed by atoms with Gasteiger partial charge in [0.15, 0.2) is 0 Å². The summed E-state index contributed by atoms with van der Waals surface area (Å²) in [6.45, 7) is 6.74. The van der Waals surface area contributed by atoms with E-state index >= 15 is 0 Å². The minimum atomic E-state index is 0.736. The molecule has 0 radical (unpaired) electrons. The molecule has 3 heterocycles. The third-order valence-corrected chi connectivity index (χ3v) is 5.51. The van der Waals surface area contributed by atoms with Crippen molar-refractivity contribution in [3.05, 3.63) is 63.6 Å². The fourth-order valence-corrected chi connectivity index (χ4v) is 3.90. The molecule has 1 aliphatic heterocycles. The lowest BCUT2D eigenvalue weighted by molar-refractivity contribution is 0.241. The van der Waals surface area contributed by atoms with E-state index in [0.29, 0.717) is 0 Å². The minimum absolute atomic E-state index is 0.736. The van der Waals surface area contributed by atoms with Gasteiger partial charge < -0.3 is 4.74 Å². The summed E-state index contributed by atoms with van der Waals surface area (Å²) >= 11 is 6.03. The average Bonchev–Trinajstić information content (AvgIpc) is 3.08. The van der Waals surface area contributed by atoms with E-state index in [2.05, 4.69) is 27.0 Å². The van der Waals surface area contributed by atoms with Crippen LogP contribution < -0.4 is 4.74 Å². The first-order chi connectivity index (χ1) is 13.1. The maximum Gasteiger partial charge on any atom is 0.128 e. The molecule has 0 unspecified atom stereocenters. The molecule has 4 rings (SSSR count). The largest absolute Gasteiger partial charge is 0.496 e. The summed E-state index contributed by atoms with van der Waals surface area (Å²) in [4.78, 5) is 7.07. The quantitative estimate of drug-likeness (QED) is 0.730. The Morgan fingerprint density at radius 2 is 2.00 bits per heavy atom. The summed E-state index contributed by atoms with van der Waals surface area (Å²) in [5.41, 5.74) is 7.84. The Morgan fingerprint density at radius 1 is 1.22 bits per heavy atom. The molecule has 0 amide bonds. The van der Waals surface area contributed by atoms with Crippen LogP contribution >= 0.6 is 11.6 Å². The Balaban J connectivity index is 1.59. The predicted molar refractivity (Wildman–Crippen MR) is 107 cm³/mol. The second-order valence-corrected chi connectivity index (χ2v) is 7.48. The third kappa shape index (κ3) is 3.45. The van der Waals surface area contributed by atoms with Crippen LogP contribution in [0.2, 0.25) is 5.02 Å². The number of hydrogen-bond acceptors (Lipinski definition) is 4. The van der Waals surface area contributed by atoms with Crippen molar-refractivity contribution in [1.29, 1.82) is 0 Å². The number of rotatable bonds is 4. The van der Waals surface area contributed by atoms with Crippen molar-refractivity contribution in [2.24, 2.45) is 0 Å². The first kappa shape index (κ1) is 18.0. The SMILES string of the molecule is COc1c(C)cnc(CN2CCc3[nH]nc(-c4ccc(Cl)cc4)c3C2)c1C. The van der Waals surface area contributed by atoms with Crippen LogP contribution in [0, 0.1) is 13.8 Å². The molecule has 0 saturated heterocycles. The van der Waals surface area contributed by atoms with Crippen molar-refractivity contribution in [1.82, 2.24) is 20.1 Å². The highest BCUT2D eigenvalue weighted by Gasteiger charge is 2.24. The van der Waals surface area contributed by atoms with E-state index in [1.165, 1.54) is 11.3 Å². The van der Waals surface area contributed by atoms with Crippen LogP contribution in [0.3, 0.4) is 0 Å². The Bertz CT molecular complexity index is 965. The van der Waals surface area contributed by atoms with Gasteiger partial charge in [-0.25, -0.2) is 0 Å². The predicted octanol–water partition coefficient (Wildman–Crippen LogP) is 4.31. The van der Waals surface area contributed by atoms with Gasteiger partial charge in [-0.2, -0.15) is 5.10 Å². The van der Waals surface area contributed by atoms with Gasteiger partial charge in [0.05, 0.1) is 18.5 Å². The van der Waals surface area contributed by atoms with Gasteiger partial charge in [0, 0.05) is 65.2 Å². The number of hydrogen-bond donors (Lipinski definition) is 1. The van der Waals surface area contributed by atoms with Crippen molar-refractivity contribution in [3.8, 4) is 17.0 Å². The van der Waals surface area contributed by atoms with Gasteiger partial charge in [0.1, 0.15) is 5.75 Å². The molecule has 0 bridgehead atoms. The van der Waals surface area contributed by atoms with Crippen LogP contribution in [0.1, 0.15) is 28.1 Å². The summed E-state index contributed by atoms with van der Waals surface area (Å²) in [5.74, 6) is 0.933. The Morgan fingerprint density at radius 3 is 2.74 bits per heavy atom. The molecule has 1 aromatic carbocycles. The zero-order chi connectivity index (χ0) is 19.0. The van der Waals surface area contributed by atoms with Crippen molar-refractivity contribution in [2.45, 2.75) is 33.4 Å². The number of aromatic nitrogens is 3. The van der Waals surface area contributed by atoms with Crippen molar-refractivity contribution < 1.29 is 4.74 Å². The number of pyridine rings is 1.